The molecule has 0 aliphatic rings. The second-order valence-corrected chi connectivity index (χ2v) is 3.48. The van der Waals surface area contributed by atoms with Crippen LogP contribution in [0.15, 0.2) is 12.3 Å². The molecule has 0 bridgehead atoms. The summed E-state index contributed by atoms with van der Waals surface area (Å²) in [5, 5.41) is 0. The summed E-state index contributed by atoms with van der Waals surface area (Å²) in [5.74, 6) is -0.378. The molecule has 2 nitrogen and oxygen atoms in total. The number of nitrogens with zero attached hydrogens (tertiary/aromatic N) is 1. The zero-order valence-corrected chi connectivity index (χ0v) is 8.72. The molecule has 0 aliphatic heterocycles. The second kappa shape index (κ2) is 4.08. The van der Waals surface area contributed by atoms with Gasteiger partial charge in [-0.05, 0) is 17.5 Å². The van der Waals surface area contributed by atoms with Crippen LogP contribution >= 0.6 is 0 Å². The maximum Gasteiger partial charge on any atom is 0.421 e. The number of hydrogen-bond acceptors (Lipinski definition) is 2. The van der Waals surface area contributed by atoms with Gasteiger partial charge in [0.05, 0.1) is 7.11 Å². The molecule has 1 heterocycles. The topological polar surface area (TPSA) is 22.1 Å². The van der Waals surface area contributed by atoms with Gasteiger partial charge in [0.1, 0.15) is 5.56 Å². The maximum absolute atomic E-state index is 12.6. The normalized spacial score (nSPS) is 11.9. The Kier molecular flexibility index (Phi) is 3.21. The van der Waals surface area contributed by atoms with Gasteiger partial charge in [-0.2, -0.15) is 13.2 Å². The Bertz CT molecular complexity index is 347. The van der Waals surface area contributed by atoms with Crippen molar-refractivity contribution in [3.05, 3.63) is 23.4 Å². The van der Waals surface area contributed by atoms with Gasteiger partial charge in [-0.3, -0.25) is 0 Å². The van der Waals surface area contributed by atoms with Crippen LogP contribution in [0.1, 0.15) is 30.9 Å². The van der Waals surface area contributed by atoms with Gasteiger partial charge in [-0.15, -0.1) is 0 Å². The van der Waals surface area contributed by atoms with Gasteiger partial charge in [0.25, 0.3) is 0 Å². The van der Waals surface area contributed by atoms with Crippen molar-refractivity contribution in [2.75, 3.05) is 7.11 Å². The summed E-state index contributed by atoms with van der Waals surface area (Å²) in [7, 11) is 1.17. The Morgan fingerprint density at radius 1 is 1.33 bits per heavy atom. The van der Waals surface area contributed by atoms with Gasteiger partial charge in [-0.25, -0.2) is 4.98 Å². The molecule has 0 N–H and O–H groups in total. The fourth-order valence-electron chi connectivity index (χ4n) is 1.15. The van der Waals surface area contributed by atoms with Crippen LogP contribution in [0.25, 0.3) is 0 Å². The minimum atomic E-state index is -4.43. The number of alkyl halides is 3. The van der Waals surface area contributed by atoms with Crippen LogP contribution in [-0.4, -0.2) is 12.1 Å². The molecule has 1 aromatic rings. The molecule has 0 aliphatic carbocycles. The lowest BCUT2D eigenvalue weighted by molar-refractivity contribution is -0.139. The average Bonchev–Trinajstić information content (AvgIpc) is 2.15. The number of pyridine rings is 1. The molecule has 0 saturated carbocycles. The first-order valence-corrected chi connectivity index (χ1v) is 4.47. The molecule has 0 atom stereocenters. The summed E-state index contributed by atoms with van der Waals surface area (Å²) >= 11 is 0. The first-order chi connectivity index (χ1) is 6.86. The lowest BCUT2D eigenvalue weighted by Crippen LogP contribution is -2.10. The molecule has 1 aromatic heterocycles. The van der Waals surface area contributed by atoms with Crippen LogP contribution < -0.4 is 4.74 Å². The smallest absolute Gasteiger partial charge is 0.421 e. The highest BCUT2D eigenvalue weighted by Gasteiger charge is 2.35. The summed E-state index contributed by atoms with van der Waals surface area (Å²) in [6.07, 6.45) is -3.03. The van der Waals surface area contributed by atoms with Crippen molar-refractivity contribution in [2.24, 2.45) is 0 Å². The number of methoxy groups -OCH3 is 1. The van der Waals surface area contributed by atoms with E-state index < -0.39 is 11.7 Å². The summed E-state index contributed by atoms with van der Waals surface area (Å²) < 4.78 is 42.3. The number of hydrogen-bond donors (Lipinski definition) is 0. The predicted molar refractivity (Wildman–Crippen MR) is 49.9 cm³/mol. The minimum absolute atomic E-state index is 0.00417. The van der Waals surface area contributed by atoms with Crippen LogP contribution in [0.5, 0.6) is 5.88 Å². The van der Waals surface area contributed by atoms with Crippen LogP contribution in [0.3, 0.4) is 0 Å². The van der Waals surface area contributed by atoms with Crippen LogP contribution in [-0.2, 0) is 6.18 Å². The number of aromatic nitrogens is 1. The summed E-state index contributed by atoms with van der Waals surface area (Å²) in [4.78, 5) is 3.64. The predicted octanol–water partition coefficient (Wildman–Crippen LogP) is 3.23. The Labute approximate surface area is 86.1 Å². The molecule has 0 amide bonds. The van der Waals surface area contributed by atoms with Crippen molar-refractivity contribution in [1.82, 2.24) is 4.98 Å². The van der Waals surface area contributed by atoms with E-state index in [1.807, 2.05) is 13.8 Å². The molecule has 0 saturated heterocycles. The van der Waals surface area contributed by atoms with E-state index in [0.717, 1.165) is 6.07 Å². The molecule has 1 rings (SSSR count). The average molecular weight is 219 g/mol. The third kappa shape index (κ3) is 2.61. The molecule has 0 spiro atoms. The fraction of sp³-hybridized carbons (Fsp3) is 0.500. The van der Waals surface area contributed by atoms with E-state index in [1.165, 1.54) is 13.3 Å². The van der Waals surface area contributed by atoms with Crippen molar-refractivity contribution < 1.29 is 17.9 Å². The highest BCUT2D eigenvalue weighted by Crippen LogP contribution is 2.36. The molecule has 5 heteroatoms. The van der Waals surface area contributed by atoms with E-state index >= 15 is 0 Å². The standard InChI is InChI=1S/C10H12F3NO/c1-6(2)7-4-8(10(11,12)13)9(15-3)14-5-7/h4-6H,1-3H3. The van der Waals surface area contributed by atoms with E-state index in [2.05, 4.69) is 9.72 Å². The molecule has 0 unspecified atom stereocenters. The quantitative estimate of drug-likeness (QED) is 0.761. The zero-order chi connectivity index (χ0) is 11.6. The first-order valence-electron chi connectivity index (χ1n) is 4.47. The van der Waals surface area contributed by atoms with Crippen LogP contribution in [0.4, 0.5) is 13.2 Å². The Morgan fingerprint density at radius 3 is 2.33 bits per heavy atom. The van der Waals surface area contributed by atoms with Gasteiger partial charge in [-0.1, -0.05) is 13.8 Å². The zero-order valence-electron chi connectivity index (χ0n) is 8.72. The van der Waals surface area contributed by atoms with Crippen molar-refractivity contribution in [3.8, 4) is 5.88 Å². The molecule has 84 valence electrons. The lowest BCUT2D eigenvalue weighted by atomic mass is 10.0. The monoisotopic (exact) mass is 219 g/mol. The van der Waals surface area contributed by atoms with Crippen LogP contribution in [0.2, 0.25) is 0 Å². The highest BCUT2D eigenvalue weighted by molar-refractivity contribution is 5.33. The van der Waals surface area contributed by atoms with Gasteiger partial charge in [0.15, 0.2) is 0 Å². The third-order valence-corrected chi connectivity index (χ3v) is 2.04. The minimum Gasteiger partial charge on any atom is -0.481 e. The summed E-state index contributed by atoms with van der Waals surface area (Å²) in [5.41, 5.74) is -0.278. The molecule has 15 heavy (non-hydrogen) atoms. The molecular formula is C10H12F3NO. The van der Waals surface area contributed by atoms with Crippen molar-refractivity contribution >= 4 is 0 Å². The van der Waals surface area contributed by atoms with Crippen molar-refractivity contribution in [2.45, 2.75) is 25.9 Å². The van der Waals surface area contributed by atoms with E-state index in [0.29, 0.717) is 5.56 Å². The Morgan fingerprint density at radius 2 is 1.93 bits per heavy atom. The van der Waals surface area contributed by atoms with Crippen LogP contribution in [0, 0.1) is 0 Å². The molecular weight excluding hydrogens is 207 g/mol. The fourth-order valence-corrected chi connectivity index (χ4v) is 1.15. The third-order valence-electron chi connectivity index (χ3n) is 2.04. The van der Waals surface area contributed by atoms with Gasteiger partial charge in [0.2, 0.25) is 5.88 Å². The van der Waals surface area contributed by atoms with E-state index in [9.17, 15) is 13.2 Å². The molecule has 0 fully saturated rings. The first kappa shape index (κ1) is 11.8. The van der Waals surface area contributed by atoms with Gasteiger partial charge in [0, 0.05) is 6.20 Å². The largest absolute Gasteiger partial charge is 0.481 e. The Balaban J connectivity index is 3.26. The highest BCUT2D eigenvalue weighted by atomic mass is 19.4. The number of rotatable bonds is 2. The van der Waals surface area contributed by atoms with E-state index in [4.69, 9.17) is 0 Å². The van der Waals surface area contributed by atoms with Gasteiger partial charge < -0.3 is 4.74 Å². The van der Waals surface area contributed by atoms with Crippen molar-refractivity contribution in [1.29, 1.82) is 0 Å². The second-order valence-electron chi connectivity index (χ2n) is 3.48. The summed E-state index contributed by atoms with van der Waals surface area (Å²) in [6, 6.07) is 1.08. The Hall–Kier alpha value is -1.26. The van der Waals surface area contributed by atoms with Crippen molar-refractivity contribution in [3.63, 3.8) is 0 Å². The molecule has 0 radical (unpaired) electrons. The van der Waals surface area contributed by atoms with E-state index in [-0.39, 0.29) is 11.8 Å². The SMILES string of the molecule is COc1ncc(C(C)C)cc1C(F)(F)F. The number of halogens is 3. The lowest BCUT2D eigenvalue weighted by Gasteiger charge is -2.13. The molecule has 0 aromatic carbocycles. The number of ether oxygens (including phenoxy) is 1. The van der Waals surface area contributed by atoms with E-state index in [1.54, 1.807) is 0 Å². The maximum atomic E-state index is 12.6. The summed E-state index contributed by atoms with van der Waals surface area (Å²) in [6.45, 7) is 3.62. The van der Waals surface area contributed by atoms with Gasteiger partial charge >= 0.3 is 6.18 Å².